The molecule has 2 N–H and O–H groups in total. The number of nitrogens with zero attached hydrogens (tertiary/aromatic N) is 2. The molecule has 8 heteroatoms. The van der Waals surface area contributed by atoms with Crippen molar-refractivity contribution in [3.05, 3.63) is 30.2 Å². The van der Waals surface area contributed by atoms with Gasteiger partial charge in [-0.2, -0.15) is 4.31 Å². The molecular weight excluding hydrogens is 309 g/mol. The van der Waals surface area contributed by atoms with Crippen molar-refractivity contribution in [1.29, 1.82) is 0 Å². The van der Waals surface area contributed by atoms with Gasteiger partial charge in [-0.3, -0.25) is 0 Å². The van der Waals surface area contributed by atoms with Gasteiger partial charge in [-0.1, -0.05) is 0 Å². The molecule has 1 aromatic heterocycles. The summed E-state index contributed by atoms with van der Waals surface area (Å²) in [4.78, 5) is 4.12. The second-order valence-corrected chi connectivity index (χ2v) is 7.61. The molecule has 22 heavy (non-hydrogen) atoms. The van der Waals surface area contributed by atoms with Gasteiger partial charge in [0.1, 0.15) is 11.5 Å². The van der Waals surface area contributed by atoms with E-state index in [0.717, 1.165) is 6.42 Å². The third kappa shape index (κ3) is 2.99. The van der Waals surface area contributed by atoms with Crippen molar-refractivity contribution in [2.45, 2.75) is 11.3 Å². The Balaban J connectivity index is 1.66. The molecule has 2 heterocycles. The van der Waals surface area contributed by atoms with E-state index >= 15 is 0 Å². The summed E-state index contributed by atoms with van der Waals surface area (Å²) in [6.45, 7) is 1.25. The number of pyridine rings is 1. The molecule has 0 bridgehead atoms. The first-order valence-electron chi connectivity index (χ1n) is 7.12. The second-order valence-electron chi connectivity index (χ2n) is 5.67. The van der Waals surface area contributed by atoms with Gasteiger partial charge in [-0.25, -0.2) is 17.8 Å². The summed E-state index contributed by atoms with van der Waals surface area (Å²) in [5.41, 5.74) is 5.62. The van der Waals surface area contributed by atoms with Crippen LogP contribution in [0.25, 0.3) is 0 Å². The molecule has 3 rings (SSSR count). The molecule has 1 aromatic rings. The molecule has 1 saturated heterocycles. The van der Waals surface area contributed by atoms with E-state index in [1.807, 2.05) is 0 Å². The molecule has 1 aliphatic carbocycles. The normalized spacial score (nSPS) is 25.1. The van der Waals surface area contributed by atoms with Crippen LogP contribution in [0.15, 0.2) is 35.1 Å². The van der Waals surface area contributed by atoms with Crippen LogP contribution in [0.4, 0.5) is 4.39 Å². The Morgan fingerprint density at radius 2 is 2.18 bits per heavy atom. The van der Waals surface area contributed by atoms with Gasteiger partial charge in [0.25, 0.3) is 0 Å². The molecule has 1 saturated carbocycles. The second kappa shape index (κ2) is 5.94. The van der Waals surface area contributed by atoms with Gasteiger partial charge in [-0.15, -0.1) is 0 Å². The Kier molecular flexibility index (Phi) is 4.16. The van der Waals surface area contributed by atoms with Crippen LogP contribution in [-0.4, -0.2) is 43.9 Å². The number of ether oxygens (including phenoxy) is 1. The fourth-order valence-corrected chi connectivity index (χ4v) is 4.11. The van der Waals surface area contributed by atoms with Gasteiger partial charge in [-0.05, 0) is 24.3 Å². The van der Waals surface area contributed by atoms with E-state index in [1.165, 1.54) is 22.6 Å². The number of rotatable bonds is 6. The zero-order valence-electron chi connectivity index (χ0n) is 12.0. The van der Waals surface area contributed by atoms with Crippen LogP contribution >= 0.6 is 0 Å². The van der Waals surface area contributed by atoms with Crippen LogP contribution < -0.4 is 10.5 Å². The van der Waals surface area contributed by atoms with Crippen LogP contribution in [0.1, 0.15) is 6.42 Å². The van der Waals surface area contributed by atoms with Crippen molar-refractivity contribution in [3.8, 4) is 5.88 Å². The number of hydrogen-bond acceptors (Lipinski definition) is 5. The highest BCUT2D eigenvalue weighted by molar-refractivity contribution is 7.89. The highest BCUT2D eigenvalue weighted by Crippen LogP contribution is 2.46. The van der Waals surface area contributed by atoms with E-state index < -0.39 is 10.0 Å². The lowest BCUT2D eigenvalue weighted by atomic mass is 10.3. The minimum Gasteiger partial charge on any atom is -0.473 e. The first-order chi connectivity index (χ1) is 10.5. The molecule has 2 fully saturated rings. The zero-order chi connectivity index (χ0) is 15.7. The molecule has 1 aliphatic heterocycles. The molecule has 0 unspecified atom stereocenters. The SMILES string of the molecule is NC/C(=C/F)COc1ccc(S(=O)(=O)N2C[C@H]3C[C@H]3C2)cn1. The molecule has 2 aliphatic rings. The van der Waals surface area contributed by atoms with Gasteiger partial charge in [0.2, 0.25) is 15.9 Å². The zero-order valence-corrected chi connectivity index (χ0v) is 12.8. The molecule has 0 amide bonds. The molecule has 0 aromatic carbocycles. The third-order valence-corrected chi connectivity index (χ3v) is 5.93. The van der Waals surface area contributed by atoms with E-state index in [4.69, 9.17) is 10.5 Å². The Morgan fingerprint density at radius 1 is 1.45 bits per heavy atom. The Morgan fingerprint density at radius 3 is 2.73 bits per heavy atom. The average molecular weight is 327 g/mol. The number of sulfonamides is 1. The van der Waals surface area contributed by atoms with E-state index in [0.29, 0.717) is 36.8 Å². The van der Waals surface area contributed by atoms with Crippen LogP contribution in [-0.2, 0) is 10.0 Å². The largest absolute Gasteiger partial charge is 0.473 e. The minimum absolute atomic E-state index is 0.0123. The van der Waals surface area contributed by atoms with Gasteiger partial charge in [0, 0.05) is 31.3 Å². The van der Waals surface area contributed by atoms with E-state index in [-0.39, 0.29) is 23.9 Å². The van der Waals surface area contributed by atoms with Crippen molar-refractivity contribution in [2.75, 3.05) is 26.2 Å². The first kappa shape index (κ1) is 15.4. The summed E-state index contributed by atoms with van der Waals surface area (Å²) in [5.74, 6) is 1.30. The summed E-state index contributed by atoms with van der Waals surface area (Å²) in [5, 5.41) is 0. The van der Waals surface area contributed by atoms with E-state index in [2.05, 4.69) is 4.98 Å². The fourth-order valence-electron chi connectivity index (χ4n) is 2.61. The first-order valence-corrected chi connectivity index (χ1v) is 8.56. The molecular formula is C14H18FN3O3S. The predicted molar refractivity (Wildman–Crippen MR) is 78.3 cm³/mol. The van der Waals surface area contributed by atoms with Gasteiger partial charge >= 0.3 is 0 Å². The number of piperidine rings is 1. The highest BCUT2D eigenvalue weighted by Gasteiger charge is 2.48. The summed E-state index contributed by atoms with van der Waals surface area (Å²) in [6.07, 6.45) is 2.82. The number of halogens is 1. The van der Waals surface area contributed by atoms with E-state index in [9.17, 15) is 12.8 Å². The van der Waals surface area contributed by atoms with Crippen LogP contribution in [0.5, 0.6) is 5.88 Å². The lowest BCUT2D eigenvalue weighted by Gasteiger charge is -2.17. The number of hydrogen-bond donors (Lipinski definition) is 1. The topological polar surface area (TPSA) is 85.5 Å². The lowest BCUT2D eigenvalue weighted by Crippen LogP contribution is -2.30. The van der Waals surface area contributed by atoms with Crippen LogP contribution in [0, 0.1) is 11.8 Å². The summed E-state index contributed by atoms with van der Waals surface area (Å²) in [6, 6.07) is 2.93. The van der Waals surface area contributed by atoms with Crippen molar-refractivity contribution in [3.63, 3.8) is 0 Å². The van der Waals surface area contributed by atoms with Gasteiger partial charge in [0.05, 0.1) is 12.5 Å². The molecule has 0 spiro atoms. The van der Waals surface area contributed by atoms with Gasteiger partial charge < -0.3 is 10.5 Å². The maximum absolute atomic E-state index is 12.4. The lowest BCUT2D eigenvalue weighted by molar-refractivity contribution is 0.333. The molecule has 120 valence electrons. The number of nitrogens with two attached hydrogens (primary N) is 1. The highest BCUT2D eigenvalue weighted by atomic mass is 32.2. The van der Waals surface area contributed by atoms with Crippen molar-refractivity contribution in [2.24, 2.45) is 17.6 Å². The van der Waals surface area contributed by atoms with Crippen LogP contribution in [0.3, 0.4) is 0 Å². The fraction of sp³-hybridized carbons (Fsp3) is 0.500. The van der Waals surface area contributed by atoms with Crippen molar-refractivity contribution >= 4 is 10.0 Å². The standard InChI is InChI=1S/C14H18FN3O3S/c15-4-10(5-16)9-21-14-2-1-13(6-17-14)22(19,20)18-7-11-3-12(11)8-18/h1-2,4,6,11-12H,3,5,7-9,16H2/b10-4-/t11-,12+. The Bertz CT molecular complexity index is 665. The van der Waals surface area contributed by atoms with Gasteiger partial charge in [0.15, 0.2) is 0 Å². The minimum atomic E-state index is -3.47. The summed E-state index contributed by atoms with van der Waals surface area (Å²) >= 11 is 0. The Hall–Kier alpha value is -1.51. The molecule has 6 nitrogen and oxygen atoms in total. The quantitative estimate of drug-likeness (QED) is 0.839. The maximum Gasteiger partial charge on any atom is 0.244 e. The smallest absolute Gasteiger partial charge is 0.244 e. The van der Waals surface area contributed by atoms with E-state index in [1.54, 1.807) is 0 Å². The van der Waals surface area contributed by atoms with Crippen molar-refractivity contribution < 1.29 is 17.5 Å². The molecule has 0 radical (unpaired) electrons. The van der Waals surface area contributed by atoms with Crippen LogP contribution in [0.2, 0.25) is 0 Å². The summed E-state index contributed by atoms with van der Waals surface area (Å²) < 4.78 is 44.0. The monoisotopic (exact) mass is 327 g/mol. The average Bonchev–Trinajstić information content (AvgIpc) is 3.14. The van der Waals surface area contributed by atoms with Crippen molar-refractivity contribution in [1.82, 2.24) is 9.29 Å². The number of aromatic nitrogens is 1. The maximum atomic E-state index is 12.4. The third-order valence-electron chi connectivity index (χ3n) is 4.11. The summed E-state index contributed by atoms with van der Waals surface area (Å²) in [7, 11) is -3.47. The number of fused-ring (bicyclic) bond motifs is 1. The molecule has 2 atom stereocenters. The Labute approximate surface area is 128 Å². The predicted octanol–water partition coefficient (Wildman–Crippen LogP) is 0.913.